The SMILES string of the molecule is Cc1ccc(CCN2C[C@@H](N)[C@H](c3ccccc3)C2)cc1. The third-order valence-electron chi connectivity index (χ3n) is 4.51. The molecule has 1 heterocycles. The number of benzene rings is 2. The molecule has 0 bridgehead atoms. The fourth-order valence-electron chi connectivity index (χ4n) is 3.19. The average Bonchev–Trinajstić information content (AvgIpc) is 2.89. The van der Waals surface area contributed by atoms with Crippen molar-refractivity contribution in [3.8, 4) is 0 Å². The standard InChI is InChI=1S/C19H24N2/c1-15-7-9-16(10-8-15)11-12-21-13-18(19(20)14-21)17-5-3-2-4-6-17/h2-10,18-19H,11-14,20H2,1H3/t18-,19+/m0/s1. The van der Waals surface area contributed by atoms with Crippen molar-refractivity contribution in [2.24, 2.45) is 5.73 Å². The van der Waals surface area contributed by atoms with Gasteiger partial charge in [0.05, 0.1) is 0 Å². The first-order chi connectivity index (χ1) is 10.2. The summed E-state index contributed by atoms with van der Waals surface area (Å²) >= 11 is 0. The maximum absolute atomic E-state index is 6.35. The van der Waals surface area contributed by atoms with Gasteiger partial charge in [-0.2, -0.15) is 0 Å². The van der Waals surface area contributed by atoms with E-state index in [9.17, 15) is 0 Å². The highest BCUT2D eigenvalue weighted by molar-refractivity contribution is 5.24. The van der Waals surface area contributed by atoms with E-state index in [2.05, 4.69) is 66.4 Å². The van der Waals surface area contributed by atoms with Crippen LogP contribution in [0.4, 0.5) is 0 Å². The van der Waals surface area contributed by atoms with E-state index in [0.29, 0.717) is 5.92 Å². The van der Waals surface area contributed by atoms with Crippen LogP contribution in [0.3, 0.4) is 0 Å². The Bertz CT molecular complexity index is 562. The zero-order valence-electron chi connectivity index (χ0n) is 12.7. The molecule has 2 N–H and O–H groups in total. The Labute approximate surface area is 127 Å². The molecular formula is C19H24N2. The van der Waals surface area contributed by atoms with Crippen molar-refractivity contribution < 1.29 is 0 Å². The summed E-state index contributed by atoms with van der Waals surface area (Å²) in [5.74, 6) is 0.476. The lowest BCUT2D eigenvalue weighted by atomic mass is 9.95. The minimum absolute atomic E-state index is 0.255. The molecule has 1 fully saturated rings. The van der Waals surface area contributed by atoms with E-state index >= 15 is 0 Å². The van der Waals surface area contributed by atoms with E-state index in [1.165, 1.54) is 16.7 Å². The summed E-state index contributed by atoms with van der Waals surface area (Å²) in [6, 6.07) is 19.8. The minimum Gasteiger partial charge on any atom is -0.326 e. The van der Waals surface area contributed by atoms with E-state index in [1.807, 2.05) is 0 Å². The lowest BCUT2D eigenvalue weighted by Crippen LogP contribution is -2.29. The van der Waals surface area contributed by atoms with Crippen LogP contribution in [0.15, 0.2) is 54.6 Å². The van der Waals surface area contributed by atoms with Crippen LogP contribution in [0.25, 0.3) is 0 Å². The van der Waals surface area contributed by atoms with E-state index in [0.717, 1.165) is 26.1 Å². The fraction of sp³-hybridized carbons (Fsp3) is 0.368. The number of aryl methyl sites for hydroxylation is 1. The van der Waals surface area contributed by atoms with Crippen LogP contribution in [0.5, 0.6) is 0 Å². The lowest BCUT2D eigenvalue weighted by Gasteiger charge is -2.16. The van der Waals surface area contributed by atoms with Crippen LogP contribution in [-0.4, -0.2) is 30.6 Å². The summed E-state index contributed by atoms with van der Waals surface area (Å²) in [5.41, 5.74) is 10.5. The maximum Gasteiger partial charge on any atom is 0.0249 e. The number of hydrogen-bond donors (Lipinski definition) is 1. The summed E-state index contributed by atoms with van der Waals surface area (Å²) in [5, 5.41) is 0. The third-order valence-corrected chi connectivity index (χ3v) is 4.51. The molecule has 0 amide bonds. The van der Waals surface area contributed by atoms with Crippen LogP contribution >= 0.6 is 0 Å². The number of nitrogens with two attached hydrogens (primary N) is 1. The molecule has 2 aromatic rings. The molecular weight excluding hydrogens is 256 g/mol. The van der Waals surface area contributed by atoms with Crippen LogP contribution in [0.1, 0.15) is 22.6 Å². The highest BCUT2D eigenvalue weighted by Gasteiger charge is 2.30. The van der Waals surface area contributed by atoms with Gasteiger partial charge in [0.15, 0.2) is 0 Å². The molecule has 3 rings (SSSR count). The topological polar surface area (TPSA) is 29.3 Å². The van der Waals surface area contributed by atoms with Gasteiger partial charge in [0.2, 0.25) is 0 Å². The molecule has 0 spiro atoms. The van der Waals surface area contributed by atoms with Crippen LogP contribution in [0.2, 0.25) is 0 Å². The van der Waals surface area contributed by atoms with Gasteiger partial charge in [-0.1, -0.05) is 60.2 Å². The molecule has 1 aliphatic heterocycles. The highest BCUT2D eigenvalue weighted by atomic mass is 15.2. The molecule has 0 unspecified atom stereocenters. The highest BCUT2D eigenvalue weighted by Crippen LogP contribution is 2.26. The van der Waals surface area contributed by atoms with Gasteiger partial charge in [-0.05, 0) is 24.5 Å². The predicted octanol–water partition coefficient (Wildman–Crippen LogP) is 2.96. The van der Waals surface area contributed by atoms with Gasteiger partial charge in [-0.15, -0.1) is 0 Å². The van der Waals surface area contributed by atoms with Gasteiger partial charge in [-0.25, -0.2) is 0 Å². The van der Waals surface area contributed by atoms with E-state index < -0.39 is 0 Å². The second-order valence-electron chi connectivity index (χ2n) is 6.18. The minimum atomic E-state index is 0.255. The molecule has 0 radical (unpaired) electrons. The van der Waals surface area contributed by atoms with Gasteiger partial charge in [0.1, 0.15) is 0 Å². The van der Waals surface area contributed by atoms with Crippen molar-refractivity contribution in [2.45, 2.75) is 25.3 Å². The van der Waals surface area contributed by atoms with E-state index in [-0.39, 0.29) is 6.04 Å². The molecule has 2 aromatic carbocycles. The summed E-state index contributed by atoms with van der Waals surface area (Å²) < 4.78 is 0. The zero-order chi connectivity index (χ0) is 14.7. The van der Waals surface area contributed by atoms with Crippen molar-refractivity contribution in [1.29, 1.82) is 0 Å². The Morgan fingerprint density at radius 1 is 1.00 bits per heavy atom. The van der Waals surface area contributed by atoms with Crippen LogP contribution in [-0.2, 0) is 6.42 Å². The molecule has 1 aliphatic rings. The molecule has 0 aliphatic carbocycles. The number of rotatable bonds is 4. The third kappa shape index (κ3) is 3.52. The Hall–Kier alpha value is -1.64. The predicted molar refractivity (Wildman–Crippen MR) is 88.5 cm³/mol. The number of likely N-dealkylation sites (tertiary alicyclic amines) is 1. The Kier molecular flexibility index (Phi) is 4.37. The van der Waals surface area contributed by atoms with Gasteiger partial charge < -0.3 is 10.6 Å². The van der Waals surface area contributed by atoms with Crippen LogP contribution in [0, 0.1) is 6.92 Å². The smallest absolute Gasteiger partial charge is 0.0249 e. The molecule has 0 saturated carbocycles. The molecule has 2 nitrogen and oxygen atoms in total. The quantitative estimate of drug-likeness (QED) is 0.933. The van der Waals surface area contributed by atoms with Gasteiger partial charge >= 0.3 is 0 Å². The van der Waals surface area contributed by atoms with Crippen molar-refractivity contribution in [1.82, 2.24) is 4.90 Å². The normalized spacial score (nSPS) is 22.6. The van der Waals surface area contributed by atoms with Gasteiger partial charge in [0, 0.05) is 31.6 Å². The maximum atomic E-state index is 6.35. The van der Waals surface area contributed by atoms with Gasteiger partial charge in [-0.3, -0.25) is 0 Å². The van der Waals surface area contributed by atoms with Crippen molar-refractivity contribution >= 4 is 0 Å². The fourth-order valence-corrected chi connectivity index (χ4v) is 3.19. The lowest BCUT2D eigenvalue weighted by molar-refractivity contribution is 0.336. The first-order valence-electron chi connectivity index (χ1n) is 7.81. The van der Waals surface area contributed by atoms with Crippen LogP contribution < -0.4 is 5.73 Å². The Morgan fingerprint density at radius 3 is 2.43 bits per heavy atom. The largest absolute Gasteiger partial charge is 0.326 e. The summed E-state index contributed by atoms with van der Waals surface area (Å²) in [7, 11) is 0. The van der Waals surface area contributed by atoms with Crippen molar-refractivity contribution in [3.63, 3.8) is 0 Å². The summed E-state index contributed by atoms with van der Waals surface area (Å²) in [6.07, 6.45) is 1.11. The Balaban J connectivity index is 1.57. The molecule has 0 aromatic heterocycles. The second kappa shape index (κ2) is 6.42. The first kappa shape index (κ1) is 14.3. The Morgan fingerprint density at radius 2 is 1.71 bits per heavy atom. The second-order valence-corrected chi connectivity index (χ2v) is 6.18. The molecule has 21 heavy (non-hydrogen) atoms. The summed E-state index contributed by atoms with van der Waals surface area (Å²) in [6.45, 7) is 5.32. The number of nitrogens with zero attached hydrogens (tertiary/aromatic N) is 1. The molecule has 2 heteroatoms. The van der Waals surface area contributed by atoms with Crippen molar-refractivity contribution in [2.75, 3.05) is 19.6 Å². The van der Waals surface area contributed by atoms with E-state index in [1.54, 1.807) is 0 Å². The average molecular weight is 280 g/mol. The summed E-state index contributed by atoms with van der Waals surface area (Å²) in [4.78, 5) is 2.50. The monoisotopic (exact) mass is 280 g/mol. The molecule has 2 atom stereocenters. The molecule has 110 valence electrons. The molecule has 1 saturated heterocycles. The number of hydrogen-bond acceptors (Lipinski definition) is 2. The first-order valence-corrected chi connectivity index (χ1v) is 7.81. The van der Waals surface area contributed by atoms with Gasteiger partial charge in [0.25, 0.3) is 0 Å². The van der Waals surface area contributed by atoms with E-state index in [4.69, 9.17) is 5.73 Å². The zero-order valence-corrected chi connectivity index (χ0v) is 12.7. The van der Waals surface area contributed by atoms with Crippen molar-refractivity contribution in [3.05, 3.63) is 71.3 Å².